The number of para-hydroxylation sites is 1. The lowest BCUT2D eigenvalue weighted by Crippen LogP contribution is -2.35. The summed E-state index contributed by atoms with van der Waals surface area (Å²) in [6, 6.07) is 12.2. The lowest BCUT2D eigenvalue weighted by atomic mass is 10.2. The fourth-order valence-electron chi connectivity index (χ4n) is 2.94. The monoisotopic (exact) mass is 362 g/mol. The Morgan fingerprint density at radius 2 is 2.17 bits per heavy atom. The topological polar surface area (TPSA) is 59.0 Å². The molecule has 4 rings (SSSR count). The number of nitrogens with one attached hydrogen (secondary N) is 2. The molecule has 3 aromatic rings. The van der Waals surface area contributed by atoms with Crippen molar-refractivity contribution < 1.29 is 4.79 Å². The Morgan fingerprint density at radius 1 is 1.38 bits per heavy atom. The highest BCUT2D eigenvalue weighted by atomic mass is 35.5. The van der Waals surface area contributed by atoms with Crippen LogP contribution in [0, 0.1) is 6.92 Å². The van der Waals surface area contributed by atoms with Crippen LogP contribution in [0.2, 0.25) is 0 Å². The predicted molar refractivity (Wildman–Crippen MR) is 99.7 cm³/mol. The van der Waals surface area contributed by atoms with E-state index in [9.17, 15) is 4.79 Å². The van der Waals surface area contributed by atoms with E-state index in [1.165, 1.54) is 11.3 Å². The zero-order valence-corrected chi connectivity index (χ0v) is 14.9. The van der Waals surface area contributed by atoms with Gasteiger partial charge in [0.2, 0.25) is 0 Å². The van der Waals surface area contributed by atoms with Crippen molar-refractivity contribution >= 4 is 39.9 Å². The van der Waals surface area contributed by atoms with E-state index in [-0.39, 0.29) is 24.4 Å². The predicted octanol–water partition coefficient (Wildman–Crippen LogP) is 2.91. The van der Waals surface area contributed by atoms with Crippen molar-refractivity contribution in [3.05, 3.63) is 47.0 Å². The first kappa shape index (κ1) is 17.0. The van der Waals surface area contributed by atoms with E-state index in [1.807, 2.05) is 48.0 Å². The van der Waals surface area contributed by atoms with Gasteiger partial charge in [0, 0.05) is 18.0 Å². The van der Waals surface area contributed by atoms with Crippen LogP contribution in [0.4, 0.5) is 0 Å². The van der Waals surface area contributed by atoms with E-state index in [4.69, 9.17) is 0 Å². The normalized spacial score (nSPS) is 17.0. The van der Waals surface area contributed by atoms with Crippen LogP contribution in [0.5, 0.6) is 0 Å². The Bertz CT molecular complexity index is 852. The largest absolute Gasteiger partial charge is 0.347 e. The number of nitrogens with zero attached hydrogens (tertiary/aromatic N) is 2. The van der Waals surface area contributed by atoms with Gasteiger partial charge in [-0.3, -0.25) is 4.79 Å². The maximum Gasteiger partial charge on any atom is 0.261 e. The third kappa shape index (κ3) is 3.05. The lowest BCUT2D eigenvalue weighted by molar-refractivity contribution is 0.0944. The standard InChI is InChI=1S/C17H18N4OS.ClH/c1-11-14-9-15(16(22)19-12-7-8-18-10-12)23-17(14)21(20-11)13-5-3-2-4-6-13;/h2-6,9,12,18H,7-8,10H2,1H3,(H,19,22);1H. The number of hydrogen-bond donors (Lipinski definition) is 2. The zero-order valence-electron chi connectivity index (χ0n) is 13.3. The number of hydrogen-bond acceptors (Lipinski definition) is 4. The third-order valence-corrected chi connectivity index (χ3v) is 5.27. The van der Waals surface area contributed by atoms with Gasteiger partial charge in [-0.1, -0.05) is 18.2 Å². The molecule has 1 saturated heterocycles. The number of carbonyl (C=O) groups is 1. The van der Waals surface area contributed by atoms with E-state index in [1.54, 1.807) is 0 Å². The van der Waals surface area contributed by atoms with Crippen LogP contribution in [0.15, 0.2) is 36.4 Å². The number of fused-ring (bicyclic) bond motifs is 1. The first-order chi connectivity index (χ1) is 11.2. The second-order valence-electron chi connectivity index (χ2n) is 5.83. The molecule has 2 aromatic heterocycles. The molecule has 0 spiro atoms. The van der Waals surface area contributed by atoms with Gasteiger partial charge >= 0.3 is 0 Å². The quantitative estimate of drug-likeness (QED) is 0.753. The van der Waals surface area contributed by atoms with Gasteiger partial charge in [0.25, 0.3) is 5.91 Å². The van der Waals surface area contributed by atoms with Gasteiger partial charge in [0.05, 0.1) is 16.3 Å². The highest BCUT2D eigenvalue weighted by Crippen LogP contribution is 2.30. The second-order valence-corrected chi connectivity index (χ2v) is 6.86. The maximum absolute atomic E-state index is 12.5. The number of carbonyl (C=O) groups excluding carboxylic acids is 1. The zero-order chi connectivity index (χ0) is 15.8. The van der Waals surface area contributed by atoms with Crippen molar-refractivity contribution in [2.24, 2.45) is 0 Å². The van der Waals surface area contributed by atoms with Gasteiger partial charge in [-0.05, 0) is 38.1 Å². The average Bonchev–Trinajstić information content (AvgIpc) is 3.27. The van der Waals surface area contributed by atoms with Crippen LogP contribution in [0.1, 0.15) is 21.8 Å². The fourth-order valence-corrected chi connectivity index (χ4v) is 4.02. The summed E-state index contributed by atoms with van der Waals surface area (Å²) >= 11 is 1.50. The fraction of sp³-hybridized carbons (Fsp3) is 0.294. The Hall–Kier alpha value is -1.89. The number of benzene rings is 1. The molecule has 0 radical (unpaired) electrons. The summed E-state index contributed by atoms with van der Waals surface area (Å²) in [7, 11) is 0. The molecule has 24 heavy (non-hydrogen) atoms. The highest BCUT2D eigenvalue weighted by Gasteiger charge is 2.21. The molecule has 7 heteroatoms. The van der Waals surface area contributed by atoms with Crippen LogP contribution in [0.3, 0.4) is 0 Å². The number of thiophene rings is 1. The van der Waals surface area contributed by atoms with E-state index < -0.39 is 0 Å². The molecule has 0 saturated carbocycles. The first-order valence-corrected chi connectivity index (χ1v) is 8.60. The number of aromatic nitrogens is 2. The summed E-state index contributed by atoms with van der Waals surface area (Å²) < 4.78 is 1.92. The Morgan fingerprint density at radius 3 is 2.88 bits per heavy atom. The summed E-state index contributed by atoms with van der Waals surface area (Å²) in [5.74, 6) is 0.0129. The maximum atomic E-state index is 12.5. The molecule has 1 amide bonds. The molecule has 126 valence electrons. The van der Waals surface area contributed by atoms with Gasteiger partial charge < -0.3 is 10.6 Å². The minimum absolute atomic E-state index is 0. The summed E-state index contributed by atoms with van der Waals surface area (Å²) in [6.45, 7) is 3.81. The van der Waals surface area contributed by atoms with Crippen molar-refractivity contribution in [2.45, 2.75) is 19.4 Å². The van der Waals surface area contributed by atoms with Crippen LogP contribution < -0.4 is 10.6 Å². The third-order valence-electron chi connectivity index (χ3n) is 4.16. The van der Waals surface area contributed by atoms with Crippen LogP contribution in [-0.4, -0.2) is 34.8 Å². The molecular weight excluding hydrogens is 344 g/mol. The summed E-state index contributed by atoms with van der Waals surface area (Å²) in [4.78, 5) is 14.2. The Labute approximate surface area is 150 Å². The smallest absolute Gasteiger partial charge is 0.261 e. The number of halogens is 1. The molecule has 5 nitrogen and oxygen atoms in total. The van der Waals surface area contributed by atoms with E-state index in [0.29, 0.717) is 0 Å². The number of amides is 1. The molecular formula is C17H19ClN4OS. The minimum Gasteiger partial charge on any atom is -0.347 e. The molecule has 0 aliphatic carbocycles. The summed E-state index contributed by atoms with van der Waals surface area (Å²) in [5, 5.41) is 12.0. The van der Waals surface area contributed by atoms with Crippen LogP contribution >= 0.6 is 23.7 Å². The van der Waals surface area contributed by atoms with Gasteiger partial charge in [-0.25, -0.2) is 4.68 Å². The minimum atomic E-state index is 0. The number of aryl methyl sites for hydroxylation is 1. The molecule has 1 fully saturated rings. The van der Waals surface area contributed by atoms with Crippen molar-refractivity contribution in [1.29, 1.82) is 0 Å². The molecule has 2 N–H and O–H groups in total. The van der Waals surface area contributed by atoms with Crippen molar-refractivity contribution in [3.63, 3.8) is 0 Å². The van der Waals surface area contributed by atoms with Crippen molar-refractivity contribution in [3.8, 4) is 5.69 Å². The summed E-state index contributed by atoms with van der Waals surface area (Å²) in [5.41, 5.74) is 1.96. The summed E-state index contributed by atoms with van der Waals surface area (Å²) in [6.07, 6.45) is 0.994. The Kier molecular flexibility index (Phi) is 4.89. The van der Waals surface area contributed by atoms with Gasteiger partial charge in [0.1, 0.15) is 4.83 Å². The van der Waals surface area contributed by atoms with E-state index in [2.05, 4.69) is 15.7 Å². The second kappa shape index (κ2) is 6.93. The van der Waals surface area contributed by atoms with Crippen molar-refractivity contribution in [1.82, 2.24) is 20.4 Å². The molecule has 1 aliphatic heterocycles. The molecule has 1 atom stereocenters. The van der Waals surface area contributed by atoms with Gasteiger partial charge in [-0.15, -0.1) is 23.7 Å². The number of rotatable bonds is 3. The average molecular weight is 363 g/mol. The molecule has 1 aromatic carbocycles. The SMILES string of the molecule is Cc1nn(-c2ccccc2)c2sc(C(=O)NC3CCNC3)cc12.Cl. The van der Waals surface area contributed by atoms with Crippen molar-refractivity contribution in [2.75, 3.05) is 13.1 Å². The molecule has 1 unspecified atom stereocenters. The van der Waals surface area contributed by atoms with E-state index >= 15 is 0 Å². The van der Waals surface area contributed by atoms with Crippen LogP contribution in [-0.2, 0) is 0 Å². The highest BCUT2D eigenvalue weighted by molar-refractivity contribution is 7.20. The van der Waals surface area contributed by atoms with Gasteiger partial charge in [-0.2, -0.15) is 5.10 Å². The molecule has 3 heterocycles. The Balaban J connectivity index is 0.00000169. The van der Waals surface area contributed by atoms with E-state index in [0.717, 1.165) is 46.0 Å². The molecule has 1 aliphatic rings. The molecule has 0 bridgehead atoms. The first-order valence-electron chi connectivity index (χ1n) is 7.78. The van der Waals surface area contributed by atoms with Crippen LogP contribution in [0.25, 0.3) is 15.9 Å². The lowest BCUT2D eigenvalue weighted by Gasteiger charge is -2.09. The van der Waals surface area contributed by atoms with Gasteiger partial charge in [0.15, 0.2) is 0 Å².